The van der Waals surface area contributed by atoms with Crippen LogP contribution in [0.15, 0.2) is 199 Å². The molecular formula is C79H80BN3O. The largest absolute Gasteiger partial charge is 0.468 e. The first-order valence-corrected chi connectivity index (χ1v) is 31.0. The number of furan rings is 1. The van der Waals surface area contributed by atoms with Crippen LogP contribution in [0.25, 0.3) is 33.2 Å². The van der Waals surface area contributed by atoms with E-state index in [4.69, 9.17) is 4.42 Å². The van der Waals surface area contributed by atoms with Gasteiger partial charge in [0.25, 0.3) is 6.71 Å². The van der Waals surface area contributed by atoms with E-state index in [0.717, 1.165) is 88.1 Å². The lowest BCUT2D eigenvalue weighted by molar-refractivity contribution is 0.332. The molecule has 0 saturated heterocycles. The monoisotopic (exact) mass is 1100 g/mol. The van der Waals surface area contributed by atoms with E-state index < -0.39 is 0 Å². The molecule has 2 aliphatic heterocycles. The van der Waals surface area contributed by atoms with Gasteiger partial charge in [0.2, 0.25) is 0 Å². The van der Waals surface area contributed by atoms with Crippen molar-refractivity contribution in [3.63, 3.8) is 0 Å². The third kappa shape index (κ3) is 8.77. The van der Waals surface area contributed by atoms with E-state index >= 15 is 0 Å². The van der Waals surface area contributed by atoms with Crippen LogP contribution in [-0.2, 0) is 27.1 Å². The Kier molecular flexibility index (Phi) is 12.4. The fourth-order valence-electron chi connectivity index (χ4n) is 14.7. The zero-order valence-electron chi connectivity index (χ0n) is 51.7. The Bertz CT molecular complexity index is 4200. The van der Waals surface area contributed by atoms with Gasteiger partial charge in [-0.05, 0) is 204 Å². The van der Waals surface area contributed by atoms with Crippen molar-refractivity contribution in [2.75, 3.05) is 14.7 Å². The molecule has 0 saturated carbocycles. The Labute approximate surface area is 500 Å². The maximum Gasteiger partial charge on any atom is 0.297 e. The van der Waals surface area contributed by atoms with Gasteiger partial charge in [0.1, 0.15) is 5.58 Å². The molecule has 14 rings (SSSR count). The van der Waals surface area contributed by atoms with Crippen molar-refractivity contribution in [1.82, 2.24) is 0 Å². The molecule has 0 atom stereocenters. The van der Waals surface area contributed by atoms with Gasteiger partial charge in [-0.25, -0.2) is 0 Å². The Morgan fingerprint density at radius 1 is 0.452 bits per heavy atom. The number of fused-ring (bicyclic) bond motifs is 8. The van der Waals surface area contributed by atoms with Gasteiger partial charge in [0.05, 0.1) is 17.0 Å². The Morgan fingerprint density at radius 3 is 1.54 bits per heavy atom. The van der Waals surface area contributed by atoms with Crippen molar-refractivity contribution in [3.05, 3.63) is 228 Å². The second-order valence-electron chi connectivity index (χ2n) is 28.9. The van der Waals surface area contributed by atoms with E-state index in [0.29, 0.717) is 5.92 Å². The smallest absolute Gasteiger partial charge is 0.297 e. The Balaban J connectivity index is 1.13. The highest BCUT2D eigenvalue weighted by Crippen LogP contribution is 2.55. The highest BCUT2D eigenvalue weighted by atomic mass is 16.3. The second kappa shape index (κ2) is 19.3. The third-order valence-corrected chi connectivity index (χ3v) is 20.1. The third-order valence-electron chi connectivity index (χ3n) is 20.1. The number of benzene rings is 9. The second-order valence-corrected chi connectivity index (χ2v) is 28.9. The van der Waals surface area contributed by atoms with Gasteiger partial charge in [-0.2, -0.15) is 0 Å². The molecule has 10 aromatic rings. The van der Waals surface area contributed by atoms with Crippen molar-refractivity contribution >= 4 is 85.5 Å². The normalized spacial score (nSPS) is 16.9. The van der Waals surface area contributed by atoms with Crippen LogP contribution in [0.1, 0.15) is 155 Å². The summed E-state index contributed by atoms with van der Waals surface area (Å²) in [5.74, 6) is 0.398. The van der Waals surface area contributed by atoms with E-state index in [1.54, 1.807) is 0 Å². The number of hydrogen-bond donors (Lipinski definition) is 0. The van der Waals surface area contributed by atoms with Gasteiger partial charge in [0.15, 0.2) is 0 Å². The molecular weight excluding hydrogens is 1020 g/mol. The average molecular weight is 1100 g/mol. The molecule has 0 unspecified atom stereocenters. The Hall–Kier alpha value is -8.02. The molecule has 9 aromatic carbocycles. The van der Waals surface area contributed by atoms with Crippen molar-refractivity contribution in [2.45, 2.75) is 149 Å². The Morgan fingerprint density at radius 2 is 0.952 bits per heavy atom. The summed E-state index contributed by atoms with van der Waals surface area (Å²) in [7, 11) is 0. The van der Waals surface area contributed by atoms with Crippen LogP contribution in [0.4, 0.5) is 51.2 Å². The summed E-state index contributed by atoms with van der Waals surface area (Å²) in [6.45, 7) is 30.8. The minimum atomic E-state index is -0.253. The fourth-order valence-corrected chi connectivity index (χ4v) is 14.7. The first-order chi connectivity index (χ1) is 40.1. The first kappa shape index (κ1) is 54.0. The van der Waals surface area contributed by atoms with Gasteiger partial charge in [-0.3, -0.25) is 0 Å². The van der Waals surface area contributed by atoms with Crippen molar-refractivity contribution in [3.8, 4) is 22.3 Å². The van der Waals surface area contributed by atoms with Crippen molar-refractivity contribution in [2.24, 2.45) is 0 Å². The lowest BCUT2D eigenvalue weighted by Crippen LogP contribution is -2.61. The summed E-state index contributed by atoms with van der Waals surface area (Å²) >= 11 is 0. The minimum absolute atomic E-state index is 0.00552. The van der Waals surface area contributed by atoms with Crippen molar-refractivity contribution < 1.29 is 4.42 Å². The molecule has 4 aliphatic rings. The fraction of sp³-hybridized carbons (Fsp3) is 0.291. The summed E-state index contributed by atoms with van der Waals surface area (Å²) in [5.41, 5.74) is 27.6. The van der Waals surface area contributed by atoms with E-state index in [-0.39, 0.29) is 33.8 Å². The zero-order chi connectivity index (χ0) is 58.4. The number of rotatable bonds is 8. The molecule has 2 aliphatic carbocycles. The van der Waals surface area contributed by atoms with Gasteiger partial charge >= 0.3 is 0 Å². The molecule has 84 heavy (non-hydrogen) atoms. The van der Waals surface area contributed by atoms with Crippen LogP contribution < -0.4 is 31.3 Å². The molecule has 1 aromatic heterocycles. The van der Waals surface area contributed by atoms with Crippen LogP contribution in [0.3, 0.4) is 0 Å². The van der Waals surface area contributed by atoms with E-state index in [1.807, 2.05) is 0 Å². The highest BCUT2D eigenvalue weighted by molar-refractivity contribution is 7.00. The quantitative estimate of drug-likeness (QED) is 0.141. The topological polar surface area (TPSA) is 22.9 Å². The van der Waals surface area contributed by atoms with Gasteiger partial charge in [-0.1, -0.05) is 205 Å². The predicted molar refractivity (Wildman–Crippen MR) is 359 cm³/mol. The van der Waals surface area contributed by atoms with E-state index in [1.165, 1.54) is 71.9 Å². The molecule has 0 N–H and O–H groups in total. The standard InChI is InChI=1S/C79H80BN3O/c1-50(2)51-24-31-57(32-25-51)81(58-35-29-56(30-36-58)75(3,4)5)61-46-69-72-70(47-61)83(60-37-38-63-64(45-60)77(8,9)41-40-76(63,6)7)73-62-48-65-66(79(12,13)43-42-78(65,10)11)49-71(62)84-74(73)80(72)67-44-55(53-22-18-15-19-23-53)28-39-68(67)82(69)59-33-26-54(27-34-59)52-20-16-14-17-21-52/h14-39,44-50H,40-43H2,1-13H3. The lowest BCUT2D eigenvalue weighted by Gasteiger charge is -2.45. The van der Waals surface area contributed by atoms with Gasteiger partial charge < -0.3 is 19.1 Å². The summed E-state index contributed by atoms with van der Waals surface area (Å²) in [4.78, 5) is 7.72. The lowest BCUT2D eigenvalue weighted by atomic mass is 9.35. The van der Waals surface area contributed by atoms with Gasteiger partial charge in [-0.15, -0.1) is 0 Å². The summed E-state index contributed by atoms with van der Waals surface area (Å²) < 4.78 is 7.83. The molecule has 420 valence electrons. The van der Waals surface area contributed by atoms with Crippen molar-refractivity contribution in [1.29, 1.82) is 0 Å². The highest BCUT2D eigenvalue weighted by Gasteiger charge is 2.49. The molecule has 5 heteroatoms. The molecule has 0 bridgehead atoms. The number of hydrogen-bond acceptors (Lipinski definition) is 4. The summed E-state index contributed by atoms with van der Waals surface area (Å²) in [5, 5.41) is 1.17. The van der Waals surface area contributed by atoms with Crippen LogP contribution >= 0.6 is 0 Å². The molecule has 3 heterocycles. The maximum absolute atomic E-state index is 7.83. The predicted octanol–water partition coefficient (Wildman–Crippen LogP) is 20.4. The first-order valence-electron chi connectivity index (χ1n) is 31.0. The molecule has 0 spiro atoms. The minimum Gasteiger partial charge on any atom is -0.468 e. The molecule has 0 radical (unpaired) electrons. The SMILES string of the molecule is CC(C)c1ccc(N(c2ccc(C(C)(C)C)cc2)c2cc3c4c(c2)N(c2ccc5c(c2)C(C)(C)CCC5(C)C)c2c(oc5cc6c(cc25)C(C)(C)CCC6(C)C)B4c2cc(-c4ccccc4)ccc2N3c2ccc(-c3ccccc3)cc2)cc1. The van der Waals surface area contributed by atoms with E-state index in [9.17, 15) is 0 Å². The summed E-state index contributed by atoms with van der Waals surface area (Å²) in [6, 6.07) is 74.3. The summed E-state index contributed by atoms with van der Waals surface area (Å²) in [6.07, 6.45) is 4.52. The van der Waals surface area contributed by atoms with Crippen LogP contribution in [-0.4, -0.2) is 6.71 Å². The zero-order valence-corrected chi connectivity index (χ0v) is 51.7. The van der Waals surface area contributed by atoms with Crippen LogP contribution in [0.2, 0.25) is 0 Å². The number of anilines is 9. The van der Waals surface area contributed by atoms with Crippen LogP contribution in [0, 0.1) is 0 Å². The molecule has 0 fully saturated rings. The maximum atomic E-state index is 7.83. The molecule has 0 amide bonds. The number of nitrogens with zero attached hydrogens (tertiary/aromatic N) is 3. The van der Waals surface area contributed by atoms with Gasteiger partial charge in [0, 0.05) is 45.2 Å². The average Bonchev–Trinajstić information content (AvgIpc) is 1.47. The van der Waals surface area contributed by atoms with E-state index in [2.05, 4.69) is 299 Å². The van der Waals surface area contributed by atoms with Crippen LogP contribution in [0.5, 0.6) is 0 Å². The molecule has 4 nitrogen and oxygen atoms in total.